The minimum atomic E-state index is -0.352. The van der Waals surface area contributed by atoms with Crippen molar-refractivity contribution in [3.05, 3.63) is 29.9 Å². The van der Waals surface area contributed by atoms with Crippen molar-refractivity contribution >= 4 is 19.0 Å². The average molecular weight is 246 g/mol. The van der Waals surface area contributed by atoms with Crippen LogP contribution in [0.1, 0.15) is 33.3 Å². The molecular formula is C13H19BN2O2. The Labute approximate surface area is 108 Å². The van der Waals surface area contributed by atoms with Crippen LogP contribution in [0.5, 0.6) is 0 Å². The van der Waals surface area contributed by atoms with Crippen molar-refractivity contribution in [2.24, 2.45) is 0 Å². The maximum Gasteiger partial charge on any atom is 0.487 e. The summed E-state index contributed by atoms with van der Waals surface area (Å²) in [6.07, 6.45) is 3.55. The van der Waals surface area contributed by atoms with E-state index in [0.717, 1.165) is 5.56 Å². The van der Waals surface area contributed by atoms with Gasteiger partial charge in [0.05, 0.1) is 11.2 Å². The van der Waals surface area contributed by atoms with Gasteiger partial charge in [0.15, 0.2) is 0 Å². The molecule has 2 rings (SSSR count). The zero-order valence-electron chi connectivity index (χ0n) is 11.3. The molecular weight excluding hydrogens is 227 g/mol. The van der Waals surface area contributed by atoms with Crippen LogP contribution in [0.4, 0.5) is 5.82 Å². The van der Waals surface area contributed by atoms with E-state index in [1.807, 2.05) is 51.9 Å². The lowest BCUT2D eigenvalue weighted by molar-refractivity contribution is 0.00578. The van der Waals surface area contributed by atoms with Gasteiger partial charge in [-0.1, -0.05) is 12.1 Å². The van der Waals surface area contributed by atoms with E-state index in [-0.39, 0.29) is 18.3 Å². The largest absolute Gasteiger partial charge is 0.487 e. The van der Waals surface area contributed by atoms with Gasteiger partial charge >= 0.3 is 7.12 Å². The molecule has 0 spiro atoms. The van der Waals surface area contributed by atoms with Crippen molar-refractivity contribution in [1.29, 1.82) is 0 Å². The van der Waals surface area contributed by atoms with Gasteiger partial charge in [-0.2, -0.15) is 0 Å². The molecule has 4 nitrogen and oxygen atoms in total. The van der Waals surface area contributed by atoms with Gasteiger partial charge in [0.1, 0.15) is 5.82 Å². The van der Waals surface area contributed by atoms with Crippen LogP contribution < -0.4 is 5.73 Å². The number of aromatic nitrogens is 1. The van der Waals surface area contributed by atoms with Crippen LogP contribution in [0, 0.1) is 0 Å². The summed E-state index contributed by atoms with van der Waals surface area (Å²) in [7, 11) is -0.352. The molecule has 96 valence electrons. The Morgan fingerprint density at radius 1 is 1.22 bits per heavy atom. The van der Waals surface area contributed by atoms with Gasteiger partial charge in [-0.3, -0.25) is 0 Å². The molecule has 1 fully saturated rings. The van der Waals surface area contributed by atoms with Crippen molar-refractivity contribution in [1.82, 2.24) is 4.98 Å². The molecule has 0 amide bonds. The highest BCUT2D eigenvalue weighted by Crippen LogP contribution is 2.37. The summed E-state index contributed by atoms with van der Waals surface area (Å²) in [6.45, 7) is 8.11. The van der Waals surface area contributed by atoms with Crippen molar-refractivity contribution in [2.75, 3.05) is 5.73 Å². The maximum absolute atomic E-state index is 5.86. The van der Waals surface area contributed by atoms with Crippen LogP contribution in [0.3, 0.4) is 0 Å². The second kappa shape index (κ2) is 4.41. The Bertz CT molecular complexity index is 456. The van der Waals surface area contributed by atoms with Crippen LogP contribution in [0.25, 0.3) is 6.08 Å². The van der Waals surface area contributed by atoms with Gasteiger partial charge in [0, 0.05) is 11.8 Å². The Morgan fingerprint density at radius 3 is 2.39 bits per heavy atom. The van der Waals surface area contributed by atoms with E-state index in [1.54, 1.807) is 6.20 Å². The van der Waals surface area contributed by atoms with Gasteiger partial charge < -0.3 is 15.0 Å². The van der Waals surface area contributed by atoms with Gasteiger partial charge in [0.2, 0.25) is 0 Å². The minimum Gasteiger partial charge on any atom is -0.400 e. The van der Waals surface area contributed by atoms with Crippen LogP contribution in [0.2, 0.25) is 0 Å². The molecule has 1 aromatic rings. The highest BCUT2D eigenvalue weighted by Gasteiger charge is 2.49. The Balaban J connectivity index is 2.11. The smallest absolute Gasteiger partial charge is 0.400 e. The fourth-order valence-corrected chi connectivity index (χ4v) is 1.72. The fourth-order valence-electron chi connectivity index (χ4n) is 1.72. The third-order valence-corrected chi connectivity index (χ3v) is 3.58. The van der Waals surface area contributed by atoms with E-state index >= 15 is 0 Å². The lowest BCUT2D eigenvalue weighted by atomic mass is 9.89. The third-order valence-electron chi connectivity index (χ3n) is 3.58. The number of pyridine rings is 1. The molecule has 1 aliphatic heterocycles. The van der Waals surface area contributed by atoms with Crippen molar-refractivity contribution in [2.45, 2.75) is 38.9 Å². The van der Waals surface area contributed by atoms with Gasteiger partial charge in [0.25, 0.3) is 0 Å². The van der Waals surface area contributed by atoms with Gasteiger partial charge in [-0.05, 0) is 39.8 Å². The summed E-state index contributed by atoms with van der Waals surface area (Å²) in [5.41, 5.74) is 6.00. The SMILES string of the molecule is CC1(C)OB(/C=C/c2cccnc2N)OC1(C)C. The molecule has 5 heteroatoms. The number of nitrogens with two attached hydrogens (primary N) is 1. The Hall–Kier alpha value is -1.33. The lowest BCUT2D eigenvalue weighted by Crippen LogP contribution is -2.41. The summed E-state index contributed by atoms with van der Waals surface area (Å²) in [4.78, 5) is 4.03. The van der Waals surface area contributed by atoms with E-state index in [1.165, 1.54) is 0 Å². The molecule has 0 saturated carbocycles. The third kappa shape index (κ3) is 2.42. The van der Waals surface area contributed by atoms with Gasteiger partial charge in [-0.25, -0.2) is 4.98 Å². The van der Waals surface area contributed by atoms with Crippen LogP contribution in [-0.4, -0.2) is 23.3 Å². The molecule has 0 unspecified atom stereocenters. The number of anilines is 1. The van der Waals surface area contributed by atoms with E-state index in [2.05, 4.69) is 4.98 Å². The first-order chi connectivity index (χ1) is 8.32. The molecule has 0 radical (unpaired) electrons. The standard InChI is InChI=1S/C13H19BN2O2/c1-12(2)13(3,4)18-14(17-12)8-7-10-6-5-9-16-11(10)15/h5-9H,1-4H3,(H2,15,16)/b8-7+. The second-order valence-corrected chi connectivity index (χ2v) is 5.46. The van der Waals surface area contributed by atoms with E-state index in [9.17, 15) is 0 Å². The molecule has 0 bridgehead atoms. The van der Waals surface area contributed by atoms with E-state index < -0.39 is 0 Å². The highest BCUT2D eigenvalue weighted by molar-refractivity contribution is 6.52. The lowest BCUT2D eigenvalue weighted by Gasteiger charge is -2.32. The molecule has 18 heavy (non-hydrogen) atoms. The minimum absolute atomic E-state index is 0.317. The monoisotopic (exact) mass is 246 g/mol. The summed E-state index contributed by atoms with van der Waals surface area (Å²) in [6, 6.07) is 3.75. The zero-order chi connectivity index (χ0) is 13.4. The van der Waals surface area contributed by atoms with Crippen LogP contribution in [-0.2, 0) is 9.31 Å². The number of nitrogen functional groups attached to an aromatic ring is 1. The summed E-state index contributed by atoms with van der Waals surface area (Å²) < 4.78 is 11.7. The number of hydrogen-bond acceptors (Lipinski definition) is 4. The molecule has 2 N–H and O–H groups in total. The summed E-state index contributed by atoms with van der Waals surface area (Å²) in [5.74, 6) is 2.37. The fraction of sp³-hybridized carbons (Fsp3) is 0.462. The van der Waals surface area contributed by atoms with E-state index in [4.69, 9.17) is 15.0 Å². The van der Waals surface area contributed by atoms with Crippen LogP contribution in [0.15, 0.2) is 24.3 Å². The molecule has 1 aromatic heterocycles. The number of hydrogen-bond donors (Lipinski definition) is 1. The first kappa shape index (κ1) is 13.1. The molecule has 2 heterocycles. The Kier molecular flexibility index (Phi) is 3.21. The summed E-state index contributed by atoms with van der Waals surface area (Å²) in [5, 5.41) is 0. The van der Waals surface area contributed by atoms with Crippen molar-refractivity contribution in [3.8, 4) is 0 Å². The second-order valence-electron chi connectivity index (χ2n) is 5.46. The quantitative estimate of drug-likeness (QED) is 0.813. The topological polar surface area (TPSA) is 57.4 Å². The van der Waals surface area contributed by atoms with Crippen LogP contribution >= 0.6 is 0 Å². The first-order valence-corrected chi connectivity index (χ1v) is 6.06. The predicted octanol–water partition coefficient (Wildman–Crippen LogP) is 2.31. The maximum atomic E-state index is 5.86. The Morgan fingerprint density at radius 2 is 1.83 bits per heavy atom. The summed E-state index contributed by atoms with van der Waals surface area (Å²) >= 11 is 0. The molecule has 1 aliphatic rings. The predicted molar refractivity (Wildman–Crippen MR) is 73.8 cm³/mol. The molecule has 0 aromatic carbocycles. The van der Waals surface area contributed by atoms with E-state index in [0.29, 0.717) is 5.82 Å². The highest BCUT2D eigenvalue weighted by atomic mass is 16.7. The zero-order valence-corrected chi connectivity index (χ0v) is 11.3. The number of rotatable bonds is 2. The van der Waals surface area contributed by atoms with Crippen molar-refractivity contribution < 1.29 is 9.31 Å². The number of nitrogens with zero attached hydrogens (tertiary/aromatic N) is 1. The molecule has 1 saturated heterocycles. The average Bonchev–Trinajstić information content (AvgIpc) is 2.46. The normalized spacial score (nSPS) is 21.7. The van der Waals surface area contributed by atoms with Crippen molar-refractivity contribution in [3.63, 3.8) is 0 Å². The van der Waals surface area contributed by atoms with Gasteiger partial charge in [-0.15, -0.1) is 0 Å². The molecule has 0 aliphatic carbocycles. The molecule has 0 atom stereocenters. The first-order valence-electron chi connectivity index (χ1n) is 6.06.